The minimum Gasteiger partial charge on any atom is -0.507 e. The van der Waals surface area contributed by atoms with Gasteiger partial charge < -0.3 is 5.11 Å². The molecule has 6 heteroatoms. The van der Waals surface area contributed by atoms with Crippen LogP contribution in [-0.4, -0.2) is 13.5 Å². The van der Waals surface area contributed by atoms with E-state index in [-0.39, 0.29) is 10.6 Å². The number of phenols is 1. The van der Waals surface area contributed by atoms with Crippen LogP contribution in [0.4, 0.5) is 5.69 Å². The first-order chi connectivity index (χ1) is 12.3. The molecule has 0 radical (unpaired) electrons. The highest BCUT2D eigenvalue weighted by Gasteiger charge is 2.20. The lowest BCUT2D eigenvalue weighted by Gasteiger charge is -2.17. The number of nitrogens with one attached hydrogen (secondary N) is 1. The van der Waals surface area contributed by atoms with Crippen molar-refractivity contribution in [2.24, 2.45) is 0 Å². The van der Waals surface area contributed by atoms with E-state index in [1.165, 1.54) is 0 Å². The summed E-state index contributed by atoms with van der Waals surface area (Å²) in [6.07, 6.45) is 0. The summed E-state index contributed by atoms with van der Waals surface area (Å²) in [7, 11) is -3.77. The van der Waals surface area contributed by atoms with Crippen molar-refractivity contribution in [1.29, 1.82) is 0 Å². The number of rotatable bonds is 4. The van der Waals surface area contributed by atoms with Gasteiger partial charge in [-0.05, 0) is 53.5 Å². The molecule has 0 unspecified atom stereocenters. The largest absolute Gasteiger partial charge is 0.507 e. The molecule has 134 valence electrons. The van der Waals surface area contributed by atoms with Gasteiger partial charge in [0.1, 0.15) is 5.75 Å². The number of hydrogen-bond donors (Lipinski definition) is 2. The van der Waals surface area contributed by atoms with E-state index < -0.39 is 10.0 Å². The van der Waals surface area contributed by atoms with Gasteiger partial charge in [-0.15, -0.1) is 0 Å². The Morgan fingerprint density at radius 2 is 1.54 bits per heavy atom. The van der Waals surface area contributed by atoms with E-state index in [4.69, 9.17) is 0 Å². The van der Waals surface area contributed by atoms with Gasteiger partial charge >= 0.3 is 0 Å². The highest BCUT2D eigenvalue weighted by atomic mass is 79.9. The average Bonchev–Trinajstić information content (AvgIpc) is 2.60. The Balaban J connectivity index is 2.14. The second kappa shape index (κ2) is 7.13. The molecule has 0 aliphatic heterocycles. The Morgan fingerprint density at radius 3 is 2.19 bits per heavy atom. The van der Waals surface area contributed by atoms with Crippen LogP contribution in [-0.2, 0) is 10.0 Å². The Morgan fingerprint density at radius 1 is 0.885 bits per heavy atom. The maximum Gasteiger partial charge on any atom is 0.261 e. The minimum atomic E-state index is -3.77. The Kier molecular flexibility index (Phi) is 5.07. The summed E-state index contributed by atoms with van der Waals surface area (Å²) in [6.45, 7) is 3.78. The molecule has 0 heterocycles. The zero-order valence-corrected chi connectivity index (χ0v) is 16.7. The van der Waals surface area contributed by atoms with E-state index in [9.17, 15) is 13.5 Å². The molecule has 0 aromatic heterocycles. The molecule has 4 nitrogen and oxygen atoms in total. The summed E-state index contributed by atoms with van der Waals surface area (Å²) in [6, 6.07) is 17.1. The molecular weight excluding hydrogens is 414 g/mol. The molecule has 2 N–H and O–H groups in total. The van der Waals surface area contributed by atoms with Gasteiger partial charge in [0.2, 0.25) is 0 Å². The fourth-order valence-corrected chi connectivity index (χ4v) is 4.29. The number of phenolic OH excluding ortho intramolecular Hbond substituents is 1. The molecule has 0 saturated heterocycles. The van der Waals surface area contributed by atoms with E-state index in [2.05, 4.69) is 20.7 Å². The standard InChI is InChI=1S/C20H18BrNO3S/c1-13-7-10-15(11-8-13)26(24,25)22-20-17(12-9-14(2)19(20)21)16-5-3-4-6-18(16)23/h3-12,22-23H,1-2H3. The molecular formula is C20H18BrNO3S. The molecule has 0 fully saturated rings. The molecule has 0 aliphatic rings. The number of halogens is 1. The molecule has 3 aromatic carbocycles. The van der Waals surface area contributed by atoms with Crippen molar-refractivity contribution >= 4 is 31.6 Å². The van der Waals surface area contributed by atoms with Crippen LogP contribution in [0, 0.1) is 13.8 Å². The second-order valence-corrected chi connectivity index (χ2v) is 8.53. The van der Waals surface area contributed by atoms with Gasteiger partial charge in [0, 0.05) is 15.6 Å². The molecule has 0 bridgehead atoms. The van der Waals surface area contributed by atoms with Gasteiger partial charge in [-0.25, -0.2) is 8.42 Å². The monoisotopic (exact) mass is 431 g/mol. The minimum absolute atomic E-state index is 0.0824. The van der Waals surface area contributed by atoms with Crippen LogP contribution in [0.5, 0.6) is 5.75 Å². The summed E-state index contributed by atoms with van der Waals surface area (Å²) in [4.78, 5) is 0.180. The highest BCUT2D eigenvalue weighted by Crippen LogP contribution is 2.40. The summed E-state index contributed by atoms with van der Waals surface area (Å²) >= 11 is 3.48. The average molecular weight is 432 g/mol. The van der Waals surface area contributed by atoms with Gasteiger partial charge in [-0.1, -0.05) is 48.0 Å². The van der Waals surface area contributed by atoms with Crippen molar-refractivity contribution < 1.29 is 13.5 Å². The summed E-state index contributed by atoms with van der Waals surface area (Å²) in [5, 5.41) is 10.2. The number of benzene rings is 3. The van der Waals surface area contributed by atoms with E-state index in [0.29, 0.717) is 21.3 Å². The van der Waals surface area contributed by atoms with Crippen molar-refractivity contribution in [2.45, 2.75) is 18.7 Å². The molecule has 0 atom stereocenters. The van der Waals surface area contributed by atoms with E-state index in [0.717, 1.165) is 11.1 Å². The van der Waals surface area contributed by atoms with E-state index in [1.807, 2.05) is 19.9 Å². The first kappa shape index (κ1) is 18.5. The second-order valence-electron chi connectivity index (χ2n) is 6.05. The van der Waals surface area contributed by atoms with Crippen LogP contribution in [0.1, 0.15) is 11.1 Å². The van der Waals surface area contributed by atoms with Gasteiger partial charge in [0.15, 0.2) is 0 Å². The van der Waals surface area contributed by atoms with Gasteiger partial charge in [-0.2, -0.15) is 0 Å². The molecule has 26 heavy (non-hydrogen) atoms. The maximum atomic E-state index is 12.9. The summed E-state index contributed by atoms with van der Waals surface area (Å²) in [5.41, 5.74) is 3.40. The third-order valence-electron chi connectivity index (χ3n) is 4.10. The zero-order chi connectivity index (χ0) is 18.9. The first-order valence-corrected chi connectivity index (χ1v) is 10.2. The van der Waals surface area contributed by atoms with Gasteiger partial charge in [0.25, 0.3) is 10.0 Å². The summed E-state index contributed by atoms with van der Waals surface area (Å²) < 4.78 is 29.0. The number of para-hydroxylation sites is 1. The van der Waals surface area contributed by atoms with Crippen LogP contribution in [0.15, 0.2) is 70.0 Å². The Hall–Kier alpha value is -2.31. The lowest BCUT2D eigenvalue weighted by Crippen LogP contribution is -2.14. The fraction of sp³-hybridized carbons (Fsp3) is 0.100. The van der Waals surface area contributed by atoms with Crippen molar-refractivity contribution in [3.8, 4) is 16.9 Å². The predicted octanol–water partition coefficient (Wildman–Crippen LogP) is 5.24. The molecule has 3 aromatic rings. The van der Waals surface area contributed by atoms with Crippen LogP contribution in [0.25, 0.3) is 11.1 Å². The maximum absolute atomic E-state index is 12.9. The Labute approximate surface area is 161 Å². The van der Waals surface area contributed by atoms with Crippen LogP contribution < -0.4 is 4.72 Å². The van der Waals surface area contributed by atoms with Crippen molar-refractivity contribution in [3.63, 3.8) is 0 Å². The quantitative estimate of drug-likeness (QED) is 0.593. The number of anilines is 1. The SMILES string of the molecule is Cc1ccc(S(=O)(=O)Nc2c(-c3ccccc3O)ccc(C)c2Br)cc1. The van der Waals surface area contributed by atoms with Crippen molar-refractivity contribution in [2.75, 3.05) is 4.72 Å². The molecule has 3 rings (SSSR count). The lowest BCUT2D eigenvalue weighted by atomic mass is 10.0. The zero-order valence-electron chi connectivity index (χ0n) is 14.3. The molecule has 0 amide bonds. The van der Waals surface area contributed by atoms with Gasteiger partial charge in [-0.3, -0.25) is 4.72 Å². The first-order valence-electron chi connectivity index (χ1n) is 7.96. The number of sulfonamides is 1. The molecule has 0 saturated carbocycles. The topological polar surface area (TPSA) is 66.4 Å². The fourth-order valence-electron chi connectivity index (χ4n) is 2.62. The van der Waals surface area contributed by atoms with E-state index >= 15 is 0 Å². The highest BCUT2D eigenvalue weighted by molar-refractivity contribution is 9.10. The van der Waals surface area contributed by atoms with Gasteiger partial charge in [0.05, 0.1) is 10.6 Å². The smallest absolute Gasteiger partial charge is 0.261 e. The number of aromatic hydroxyl groups is 1. The predicted molar refractivity (Wildman–Crippen MR) is 108 cm³/mol. The lowest BCUT2D eigenvalue weighted by molar-refractivity contribution is 0.477. The molecule has 0 spiro atoms. The summed E-state index contributed by atoms with van der Waals surface area (Å²) in [5.74, 6) is 0.0824. The van der Waals surface area contributed by atoms with Crippen molar-refractivity contribution in [3.05, 3.63) is 76.3 Å². The van der Waals surface area contributed by atoms with Crippen molar-refractivity contribution in [1.82, 2.24) is 0 Å². The van der Waals surface area contributed by atoms with E-state index in [1.54, 1.807) is 54.6 Å². The number of aryl methyl sites for hydroxylation is 2. The van der Waals surface area contributed by atoms with Crippen LogP contribution >= 0.6 is 15.9 Å². The van der Waals surface area contributed by atoms with Crippen LogP contribution in [0.2, 0.25) is 0 Å². The number of hydrogen-bond acceptors (Lipinski definition) is 3. The third kappa shape index (κ3) is 3.61. The normalized spacial score (nSPS) is 11.3. The Bertz CT molecular complexity index is 1060. The van der Waals surface area contributed by atoms with Crippen LogP contribution in [0.3, 0.4) is 0 Å². The molecule has 0 aliphatic carbocycles. The third-order valence-corrected chi connectivity index (χ3v) is 6.48.